The highest BCUT2D eigenvalue weighted by Gasteiger charge is 2.30. The van der Waals surface area contributed by atoms with E-state index in [-0.39, 0.29) is 0 Å². The zero-order valence-corrected chi connectivity index (χ0v) is 13.1. The van der Waals surface area contributed by atoms with Crippen molar-refractivity contribution in [2.45, 2.75) is 46.6 Å². The SMILES string of the molecule is CCC1(CC)CN=C(Nc2cnn(C(C)C)c2)SC1. The third-order valence-corrected chi connectivity index (χ3v) is 5.22. The Morgan fingerprint density at radius 1 is 1.42 bits per heavy atom. The first-order chi connectivity index (χ1) is 9.08. The third kappa shape index (κ3) is 3.32. The van der Waals surface area contributed by atoms with Crippen molar-refractivity contribution in [3.63, 3.8) is 0 Å². The van der Waals surface area contributed by atoms with Gasteiger partial charge in [0, 0.05) is 24.5 Å². The summed E-state index contributed by atoms with van der Waals surface area (Å²) < 4.78 is 1.96. The van der Waals surface area contributed by atoms with E-state index < -0.39 is 0 Å². The van der Waals surface area contributed by atoms with Gasteiger partial charge in [0.2, 0.25) is 0 Å². The van der Waals surface area contributed by atoms with Gasteiger partial charge >= 0.3 is 0 Å². The molecular weight excluding hydrogens is 256 g/mol. The molecule has 0 aromatic carbocycles. The summed E-state index contributed by atoms with van der Waals surface area (Å²) in [7, 11) is 0. The van der Waals surface area contributed by atoms with Crippen molar-refractivity contribution >= 4 is 22.6 Å². The quantitative estimate of drug-likeness (QED) is 0.912. The van der Waals surface area contributed by atoms with Crippen molar-refractivity contribution in [3.05, 3.63) is 12.4 Å². The fraction of sp³-hybridized carbons (Fsp3) is 0.714. The summed E-state index contributed by atoms with van der Waals surface area (Å²) in [6.07, 6.45) is 6.32. The Morgan fingerprint density at radius 2 is 2.16 bits per heavy atom. The van der Waals surface area contributed by atoms with E-state index in [1.807, 2.05) is 28.8 Å². The van der Waals surface area contributed by atoms with Crippen LogP contribution in [-0.4, -0.2) is 27.2 Å². The summed E-state index contributed by atoms with van der Waals surface area (Å²) in [5, 5.41) is 8.73. The summed E-state index contributed by atoms with van der Waals surface area (Å²) in [4.78, 5) is 4.71. The molecule has 0 fully saturated rings. The van der Waals surface area contributed by atoms with Crippen LogP contribution in [0, 0.1) is 5.41 Å². The molecule has 1 aromatic rings. The minimum absolute atomic E-state index is 0.393. The first kappa shape index (κ1) is 14.4. The molecular formula is C14H24N4S. The molecule has 5 heteroatoms. The average Bonchev–Trinajstić information content (AvgIpc) is 2.89. The lowest BCUT2D eigenvalue weighted by molar-refractivity contribution is 0.318. The molecule has 1 N–H and O–H groups in total. The predicted octanol–water partition coefficient (Wildman–Crippen LogP) is 3.79. The molecule has 1 aliphatic rings. The minimum Gasteiger partial charge on any atom is -0.332 e. The molecule has 2 rings (SSSR count). The van der Waals surface area contributed by atoms with Crippen LogP contribution in [0.2, 0.25) is 0 Å². The Hall–Kier alpha value is -0.970. The summed E-state index contributed by atoms with van der Waals surface area (Å²) in [5.74, 6) is 1.16. The third-order valence-electron chi connectivity index (χ3n) is 3.96. The number of hydrogen-bond acceptors (Lipinski definition) is 4. The number of aliphatic imine (C=N–C) groups is 1. The summed E-state index contributed by atoms with van der Waals surface area (Å²) >= 11 is 1.83. The molecule has 0 saturated heterocycles. The Bertz CT molecular complexity index is 446. The van der Waals surface area contributed by atoms with E-state index in [0.717, 1.165) is 23.2 Å². The highest BCUT2D eigenvalue weighted by molar-refractivity contribution is 8.14. The Morgan fingerprint density at radius 3 is 2.63 bits per heavy atom. The fourth-order valence-electron chi connectivity index (χ4n) is 2.11. The van der Waals surface area contributed by atoms with Crippen LogP contribution < -0.4 is 5.32 Å². The zero-order valence-electron chi connectivity index (χ0n) is 12.3. The van der Waals surface area contributed by atoms with Crippen LogP contribution in [0.15, 0.2) is 17.4 Å². The predicted molar refractivity (Wildman–Crippen MR) is 84.0 cm³/mol. The van der Waals surface area contributed by atoms with Gasteiger partial charge in [-0.25, -0.2) is 0 Å². The van der Waals surface area contributed by atoms with Gasteiger partial charge in [0.25, 0.3) is 0 Å². The molecule has 0 radical (unpaired) electrons. The van der Waals surface area contributed by atoms with Crippen LogP contribution in [0.25, 0.3) is 0 Å². The molecule has 0 spiro atoms. The molecule has 0 amide bonds. The van der Waals surface area contributed by atoms with Crippen LogP contribution in [0.5, 0.6) is 0 Å². The number of aromatic nitrogens is 2. The lowest BCUT2D eigenvalue weighted by Gasteiger charge is -2.33. The van der Waals surface area contributed by atoms with Crippen molar-refractivity contribution < 1.29 is 0 Å². The number of rotatable bonds is 4. The van der Waals surface area contributed by atoms with E-state index in [1.54, 1.807) is 0 Å². The highest BCUT2D eigenvalue weighted by Crippen LogP contribution is 2.35. The maximum absolute atomic E-state index is 4.71. The molecule has 106 valence electrons. The number of nitrogens with zero attached hydrogens (tertiary/aromatic N) is 3. The maximum Gasteiger partial charge on any atom is 0.161 e. The largest absolute Gasteiger partial charge is 0.332 e. The van der Waals surface area contributed by atoms with E-state index in [1.165, 1.54) is 12.8 Å². The molecule has 0 unspecified atom stereocenters. The number of nitrogens with one attached hydrogen (secondary N) is 1. The topological polar surface area (TPSA) is 42.2 Å². The van der Waals surface area contributed by atoms with Gasteiger partial charge in [0.05, 0.1) is 11.9 Å². The molecule has 1 aliphatic heterocycles. The van der Waals surface area contributed by atoms with Gasteiger partial charge in [-0.15, -0.1) is 0 Å². The molecule has 0 bridgehead atoms. The van der Waals surface area contributed by atoms with Crippen molar-refractivity contribution in [2.24, 2.45) is 10.4 Å². The minimum atomic E-state index is 0.393. The first-order valence-corrected chi connectivity index (χ1v) is 8.05. The number of hydrogen-bond donors (Lipinski definition) is 1. The van der Waals surface area contributed by atoms with Crippen molar-refractivity contribution in [1.29, 1.82) is 0 Å². The first-order valence-electron chi connectivity index (χ1n) is 7.07. The van der Waals surface area contributed by atoms with Gasteiger partial charge in [-0.2, -0.15) is 5.10 Å². The monoisotopic (exact) mass is 280 g/mol. The summed E-state index contributed by atoms with van der Waals surface area (Å²) in [5.41, 5.74) is 1.43. The molecule has 19 heavy (non-hydrogen) atoms. The molecule has 0 saturated carbocycles. The summed E-state index contributed by atoms with van der Waals surface area (Å²) in [6, 6.07) is 0.393. The molecule has 2 heterocycles. The van der Waals surface area contributed by atoms with Gasteiger partial charge in [-0.1, -0.05) is 25.6 Å². The van der Waals surface area contributed by atoms with Crippen molar-refractivity contribution in [1.82, 2.24) is 9.78 Å². The van der Waals surface area contributed by atoms with Gasteiger partial charge in [0.1, 0.15) is 0 Å². The van der Waals surface area contributed by atoms with Crippen LogP contribution in [-0.2, 0) is 0 Å². The van der Waals surface area contributed by atoms with Crippen molar-refractivity contribution in [2.75, 3.05) is 17.6 Å². The van der Waals surface area contributed by atoms with E-state index in [4.69, 9.17) is 4.99 Å². The Kier molecular flexibility index (Phi) is 4.55. The van der Waals surface area contributed by atoms with Crippen LogP contribution in [0.3, 0.4) is 0 Å². The number of thioether (sulfide) groups is 1. The standard InChI is InChI=1S/C14H24N4S/c1-5-14(6-2)9-15-13(19-10-14)17-12-7-16-18(8-12)11(3)4/h7-8,11H,5-6,9-10H2,1-4H3,(H,15,17). The smallest absolute Gasteiger partial charge is 0.161 e. The second-order valence-electron chi connectivity index (χ2n) is 5.54. The second-order valence-corrected chi connectivity index (χ2v) is 6.51. The second kappa shape index (κ2) is 5.99. The van der Waals surface area contributed by atoms with Gasteiger partial charge in [-0.3, -0.25) is 9.67 Å². The lowest BCUT2D eigenvalue weighted by atomic mass is 9.84. The normalized spacial score (nSPS) is 18.5. The molecule has 0 aliphatic carbocycles. The van der Waals surface area contributed by atoms with E-state index in [0.29, 0.717) is 11.5 Å². The Balaban J connectivity index is 1.99. The van der Waals surface area contributed by atoms with E-state index in [2.05, 4.69) is 38.1 Å². The maximum atomic E-state index is 4.71. The molecule has 4 nitrogen and oxygen atoms in total. The fourth-order valence-corrected chi connectivity index (χ4v) is 3.40. The Labute approximate surface area is 120 Å². The molecule has 1 aromatic heterocycles. The van der Waals surface area contributed by atoms with Crippen molar-refractivity contribution in [3.8, 4) is 0 Å². The van der Waals surface area contributed by atoms with Crippen LogP contribution in [0.4, 0.5) is 5.69 Å². The average molecular weight is 280 g/mol. The van der Waals surface area contributed by atoms with E-state index in [9.17, 15) is 0 Å². The van der Waals surface area contributed by atoms with Crippen LogP contribution in [0.1, 0.15) is 46.6 Å². The number of anilines is 1. The number of amidine groups is 1. The van der Waals surface area contributed by atoms with Gasteiger partial charge in [-0.05, 0) is 32.1 Å². The summed E-state index contributed by atoms with van der Waals surface area (Å²) in [6.45, 7) is 9.73. The zero-order chi connectivity index (χ0) is 13.9. The van der Waals surface area contributed by atoms with Gasteiger partial charge < -0.3 is 5.32 Å². The molecule has 0 atom stereocenters. The van der Waals surface area contributed by atoms with Crippen LogP contribution >= 0.6 is 11.8 Å². The lowest BCUT2D eigenvalue weighted by Crippen LogP contribution is -2.32. The van der Waals surface area contributed by atoms with Gasteiger partial charge in [0.15, 0.2) is 5.17 Å². The highest BCUT2D eigenvalue weighted by atomic mass is 32.2. The van der Waals surface area contributed by atoms with E-state index >= 15 is 0 Å².